The van der Waals surface area contributed by atoms with Crippen molar-refractivity contribution in [1.29, 1.82) is 0 Å². The molecule has 0 aliphatic heterocycles. The fourth-order valence-electron chi connectivity index (χ4n) is 1.71. The van der Waals surface area contributed by atoms with Gasteiger partial charge in [0.1, 0.15) is 0 Å². The van der Waals surface area contributed by atoms with Crippen LogP contribution < -0.4 is 0 Å². The fraction of sp³-hybridized carbons (Fsp3) is 0.700. The van der Waals surface area contributed by atoms with Gasteiger partial charge in [-0.15, -0.1) is 12.3 Å². The van der Waals surface area contributed by atoms with Crippen molar-refractivity contribution in [3.8, 4) is 12.3 Å². The van der Waals surface area contributed by atoms with E-state index >= 15 is 0 Å². The predicted octanol–water partition coefficient (Wildman–Crippen LogP) is 1.90. The first-order chi connectivity index (χ1) is 5.75. The third kappa shape index (κ3) is 2.01. The van der Waals surface area contributed by atoms with Crippen molar-refractivity contribution < 1.29 is 9.90 Å². The van der Waals surface area contributed by atoms with Crippen molar-refractivity contribution in [2.45, 2.75) is 32.1 Å². The third-order valence-electron chi connectivity index (χ3n) is 2.63. The van der Waals surface area contributed by atoms with Crippen LogP contribution in [0.1, 0.15) is 32.1 Å². The highest BCUT2D eigenvalue weighted by atomic mass is 16.4. The minimum absolute atomic E-state index is 0.0808. The molecule has 66 valence electrons. The molecule has 1 N–H and O–H groups in total. The van der Waals surface area contributed by atoms with E-state index in [1.54, 1.807) is 0 Å². The Bertz CT molecular complexity index is 202. The lowest BCUT2D eigenvalue weighted by Crippen LogP contribution is -2.32. The maximum Gasteiger partial charge on any atom is 0.306 e. The zero-order valence-electron chi connectivity index (χ0n) is 7.12. The van der Waals surface area contributed by atoms with Gasteiger partial charge in [0, 0.05) is 6.42 Å². The van der Waals surface area contributed by atoms with E-state index in [1.807, 2.05) is 0 Å². The topological polar surface area (TPSA) is 37.3 Å². The van der Waals surface area contributed by atoms with Crippen molar-refractivity contribution in [2.24, 2.45) is 11.8 Å². The van der Waals surface area contributed by atoms with Gasteiger partial charge in [-0.05, 0) is 31.6 Å². The Morgan fingerprint density at radius 2 is 2.33 bits per heavy atom. The summed E-state index contributed by atoms with van der Waals surface area (Å²) in [6, 6.07) is 0. The molecular formula is C10H14O2. The second-order valence-corrected chi connectivity index (χ2v) is 3.38. The molecule has 0 spiro atoms. The molecule has 0 bridgehead atoms. The van der Waals surface area contributed by atoms with Crippen LogP contribution in [0.5, 0.6) is 0 Å². The van der Waals surface area contributed by atoms with E-state index in [1.165, 1.54) is 0 Å². The van der Waals surface area contributed by atoms with Crippen molar-refractivity contribution in [3.05, 3.63) is 0 Å². The smallest absolute Gasteiger partial charge is 0.306 e. The first-order valence-electron chi connectivity index (χ1n) is 4.42. The predicted molar refractivity (Wildman–Crippen MR) is 46.5 cm³/mol. The molecule has 0 radical (unpaired) electrons. The van der Waals surface area contributed by atoms with Gasteiger partial charge in [-0.25, -0.2) is 0 Å². The van der Waals surface area contributed by atoms with E-state index in [2.05, 4.69) is 5.92 Å². The molecule has 0 aromatic carbocycles. The molecule has 2 atom stereocenters. The number of terminal acetylenes is 1. The maximum absolute atomic E-state index is 10.6. The van der Waals surface area contributed by atoms with Crippen LogP contribution in [0.3, 0.4) is 0 Å². The van der Waals surface area contributed by atoms with Gasteiger partial charge in [-0.2, -0.15) is 0 Å². The third-order valence-corrected chi connectivity index (χ3v) is 2.63. The number of hydrogen-bond donors (Lipinski definition) is 1. The molecule has 0 amide bonds. The average Bonchev–Trinajstić information content (AvgIpc) is 1.94. The van der Waals surface area contributed by atoms with Gasteiger partial charge in [-0.3, -0.25) is 4.79 Å². The Hall–Kier alpha value is -0.970. The van der Waals surface area contributed by atoms with E-state index < -0.39 is 5.97 Å². The molecule has 2 unspecified atom stereocenters. The first-order valence-corrected chi connectivity index (χ1v) is 4.42. The zero-order valence-corrected chi connectivity index (χ0v) is 7.12. The molecule has 2 heteroatoms. The fourth-order valence-corrected chi connectivity index (χ4v) is 1.71. The van der Waals surface area contributed by atoms with Crippen molar-refractivity contribution >= 4 is 5.97 Å². The molecule has 1 saturated carbocycles. The summed E-state index contributed by atoms with van der Waals surface area (Å²) in [4.78, 5) is 10.6. The zero-order chi connectivity index (χ0) is 8.97. The normalized spacial score (nSPS) is 27.2. The van der Waals surface area contributed by atoms with Crippen molar-refractivity contribution in [1.82, 2.24) is 0 Å². The lowest BCUT2D eigenvalue weighted by molar-refractivity contribution is -0.147. The minimum Gasteiger partial charge on any atom is -0.481 e. The Balaban J connectivity index is 2.17. The number of carboxylic acids is 1. The second-order valence-electron chi connectivity index (χ2n) is 3.38. The van der Waals surface area contributed by atoms with Crippen LogP contribution in [-0.4, -0.2) is 11.1 Å². The lowest BCUT2D eigenvalue weighted by atomic mass is 9.71. The van der Waals surface area contributed by atoms with E-state index in [-0.39, 0.29) is 5.92 Å². The van der Waals surface area contributed by atoms with E-state index in [4.69, 9.17) is 11.5 Å². The molecule has 1 fully saturated rings. The molecular weight excluding hydrogens is 152 g/mol. The van der Waals surface area contributed by atoms with E-state index in [0.29, 0.717) is 5.92 Å². The summed E-state index contributed by atoms with van der Waals surface area (Å²) in [6.07, 6.45) is 9.78. The van der Waals surface area contributed by atoms with Crippen LogP contribution in [0.25, 0.3) is 0 Å². The summed E-state index contributed by atoms with van der Waals surface area (Å²) in [5.41, 5.74) is 0. The number of carbonyl (C=O) groups is 1. The van der Waals surface area contributed by atoms with Crippen LogP contribution in [0, 0.1) is 24.2 Å². The summed E-state index contributed by atoms with van der Waals surface area (Å²) < 4.78 is 0. The van der Waals surface area contributed by atoms with Crippen molar-refractivity contribution in [3.63, 3.8) is 0 Å². The van der Waals surface area contributed by atoms with Gasteiger partial charge >= 0.3 is 5.97 Å². The molecule has 0 aromatic heterocycles. The van der Waals surface area contributed by atoms with Crippen molar-refractivity contribution in [2.75, 3.05) is 0 Å². The Morgan fingerprint density at radius 3 is 2.75 bits per heavy atom. The highest BCUT2D eigenvalue weighted by Crippen LogP contribution is 2.37. The molecule has 1 aliphatic rings. The summed E-state index contributed by atoms with van der Waals surface area (Å²) >= 11 is 0. The van der Waals surface area contributed by atoms with Crippen LogP contribution in [0.2, 0.25) is 0 Å². The van der Waals surface area contributed by atoms with E-state index in [9.17, 15) is 4.79 Å². The molecule has 12 heavy (non-hydrogen) atoms. The maximum atomic E-state index is 10.6. The van der Waals surface area contributed by atoms with Crippen LogP contribution in [0.15, 0.2) is 0 Å². The number of carboxylic acid groups (broad SMARTS) is 1. The largest absolute Gasteiger partial charge is 0.481 e. The number of aliphatic carboxylic acids is 1. The summed E-state index contributed by atoms with van der Waals surface area (Å²) in [5.74, 6) is 2.25. The Labute approximate surface area is 73.0 Å². The van der Waals surface area contributed by atoms with Gasteiger partial charge in [0.05, 0.1) is 5.92 Å². The highest BCUT2D eigenvalue weighted by molar-refractivity contribution is 5.71. The molecule has 0 heterocycles. The van der Waals surface area contributed by atoms with Gasteiger partial charge < -0.3 is 5.11 Å². The Kier molecular flexibility index (Phi) is 3.16. The number of hydrogen-bond acceptors (Lipinski definition) is 1. The highest BCUT2D eigenvalue weighted by Gasteiger charge is 2.35. The molecule has 0 saturated heterocycles. The van der Waals surface area contributed by atoms with Gasteiger partial charge in [0.2, 0.25) is 0 Å². The molecule has 2 nitrogen and oxygen atoms in total. The van der Waals surface area contributed by atoms with Gasteiger partial charge in [0.25, 0.3) is 0 Å². The lowest BCUT2D eigenvalue weighted by Gasteiger charge is -2.33. The molecule has 1 rings (SSSR count). The number of unbranched alkanes of at least 4 members (excludes halogenated alkanes) is 1. The van der Waals surface area contributed by atoms with Crippen LogP contribution in [-0.2, 0) is 4.79 Å². The van der Waals surface area contributed by atoms with Crippen LogP contribution in [0.4, 0.5) is 0 Å². The Morgan fingerprint density at radius 1 is 1.58 bits per heavy atom. The van der Waals surface area contributed by atoms with E-state index in [0.717, 1.165) is 32.1 Å². The monoisotopic (exact) mass is 166 g/mol. The quantitative estimate of drug-likeness (QED) is 0.511. The second kappa shape index (κ2) is 4.15. The summed E-state index contributed by atoms with van der Waals surface area (Å²) in [6.45, 7) is 0. The van der Waals surface area contributed by atoms with Crippen LogP contribution >= 0.6 is 0 Å². The average molecular weight is 166 g/mol. The summed E-state index contributed by atoms with van der Waals surface area (Å²) in [7, 11) is 0. The number of rotatable bonds is 4. The molecule has 1 aliphatic carbocycles. The van der Waals surface area contributed by atoms with Gasteiger partial charge in [0.15, 0.2) is 0 Å². The summed E-state index contributed by atoms with van der Waals surface area (Å²) in [5, 5.41) is 8.72. The first kappa shape index (κ1) is 9.12. The minimum atomic E-state index is -0.632. The SMILES string of the molecule is C#CCCCC1CCC1C(=O)O. The standard InChI is InChI=1S/C10H14O2/c1-2-3-4-5-8-6-7-9(8)10(11)12/h1,8-9H,3-7H2,(H,11,12). The molecule has 0 aromatic rings. The van der Waals surface area contributed by atoms with Gasteiger partial charge in [-0.1, -0.05) is 0 Å².